The number of hydrogen-bond acceptors (Lipinski definition) is 4. The second kappa shape index (κ2) is 9.00. The molecule has 2 aliphatic heterocycles. The molecule has 7 heteroatoms. The summed E-state index contributed by atoms with van der Waals surface area (Å²) in [5.41, 5.74) is 0.667. The van der Waals surface area contributed by atoms with Gasteiger partial charge in [0.05, 0.1) is 10.7 Å². The van der Waals surface area contributed by atoms with E-state index < -0.39 is 0 Å². The summed E-state index contributed by atoms with van der Waals surface area (Å²) in [7, 11) is 1.68. The molecule has 29 heavy (non-hydrogen) atoms. The van der Waals surface area contributed by atoms with E-state index in [-0.39, 0.29) is 24.3 Å². The SMILES string of the molecule is CN1C(=O)CC(=O)N(C2CCN(C3CCCCCCC3)CC2)c2cc(Cl)cnc21. The second-order valence-corrected chi connectivity index (χ2v) is 9.09. The van der Waals surface area contributed by atoms with Gasteiger partial charge >= 0.3 is 0 Å². The van der Waals surface area contributed by atoms with E-state index in [0.717, 1.165) is 25.9 Å². The lowest BCUT2D eigenvalue weighted by Gasteiger charge is -2.42. The Morgan fingerprint density at radius 3 is 2.28 bits per heavy atom. The van der Waals surface area contributed by atoms with Crippen LogP contribution in [0, 0.1) is 0 Å². The smallest absolute Gasteiger partial charge is 0.237 e. The predicted octanol–water partition coefficient (Wildman–Crippen LogP) is 4.01. The monoisotopic (exact) mass is 418 g/mol. The van der Waals surface area contributed by atoms with Crippen molar-refractivity contribution in [3.05, 3.63) is 17.3 Å². The summed E-state index contributed by atoms with van der Waals surface area (Å²) in [6.45, 7) is 2.01. The minimum absolute atomic E-state index is 0.0885. The number of likely N-dealkylation sites (tertiary alicyclic amines) is 1. The number of anilines is 2. The van der Waals surface area contributed by atoms with Crippen molar-refractivity contribution in [2.75, 3.05) is 29.9 Å². The maximum Gasteiger partial charge on any atom is 0.237 e. The van der Waals surface area contributed by atoms with Gasteiger partial charge in [0.15, 0.2) is 5.82 Å². The molecule has 0 unspecified atom stereocenters. The van der Waals surface area contributed by atoms with Crippen LogP contribution in [0.15, 0.2) is 12.3 Å². The van der Waals surface area contributed by atoms with Gasteiger partial charge in [0, 0.05) is 38.4 Å². The fraction of sp³-hybridized carbons (Fsp3) is 0.682. The molecule has 0 atom stereocenters. The maximum absolute atomic E-state index is 13.0. The summed E-state index contributed by atoms with van der Waals surface area (Å²) in [6.07, 6.45) is 12.6. The molecule has 1 saturated heterocycles. The van der Waals surface area contributed by atoms with E-state index in [1.807, 2.05) is 4.90 Å². The molecule has 3 aliphatic rings. The van der Waals surface area contributed by atoms with Crippen LogP contribution in [0.4, 0.5) is 11.5 Å². The van der Waals surface area contributed by atoms with Crippen molar-refractivity contribution in [1.29, 1.82) is 0 Å². The molecule has 1 aliphatic carbocycles. The standard InChI is InChI=1S/C22H31ClN4O2/c1-25-20(28)14-21(29)27(19-13-16(23)15-24-22(19)25)18-9-11-26(12-10-18)17-7-5-3-2-4-6-8-17/h13,15,17-18H,2-12,14H2,1H3. The van der Waals surface area contributed by atoms with Gasteiger partial charge in [-0.25, -0.2) is 4.98 Å². The molecule has 2 fully saturated rings. The molecular formula is C22H31ClN4O2. The van der Waals surface area contributed by atoms with Gasteiger partial charge in [0.25, 0.3) is 0 Å². The van der Waals surface area contributed by atoms with Gasteiger partial charge in [0.1, 0.15) is 6.42 Å². The third kappa shape index (κ3) is 4.43. The first kappa shape index (κ1) is 20.6. The zero-order chi connectivity index (χ0) is 20.4. The van der Waals surface area contributed by atoms with Crippen LogP contribution in [0.1, 0.15) is 64.2 Å². The normalized spacial score (nSPS) is 23.5. The number of rotatable bonds is 2. The van der Waals surface area contributed by atoms with Crippen molar-refractivity contribution in [2.24, 2.45) is 0 Å². The van der Waals surface area contributed by atoms with Gasteiger partial charge in [-0.1, -0.05) is 43.7 Å². The molecule has 0 bridgehead atoms. The first-order chi connectivity index (χ1) is 14.0. The Kier molecular flexibility index (Phi) is 6.40. The molecule has 6 nitrogen and oxygen atoms in total. The molecule has 0 N–H and O–H groups in total. The summed E-state index contributed by atoms with van der Waals surface area (Å²) in [6, 6.07) is 2.55. The molecule has 1 aromatic rings. The maximum atomic E-state index is 13.0. The number of pyridine rings is 1. The number of carbonyl (C=O) groups excluding carboxylic acids is 2. The van der Waals surface area contributed by atoms with Crippen molar-refractivity contribution >= 4 is 34.9 Å². The Balaban J connectivity index is 1.51. The number of halogens is 1. The minimum Gasteiger partial charge on any atom is -0.305 e. The summed E-state index contributed by atoms with van der Waals surface area (Å²) in [4.78, 5) is 35.7. The Labute approximate surface area is 178 Å². The van der Waals surface area contributed by atoms with Crippen LogP contribution in [-0.4, -0.2) is 53.9 Å². The van der Waals surface area contributed by atoms with Gasteiger partial charge in [0.2, 0.25) is 11.8 Å². The van der Waals surface area contributed by atoms with E-state index in [9.17, 15) is 9.59 Å². The molecular weight excluding hydrogens is 388 g/mol. The highest BCUT2D eigenvalue weighted by Crippen LogP contribution is 2.36. The highest BCUT2D eigenvalue weighted by molar-refractivity contribution is 6.31. The largest absolute Gasteiger partial charge is 0.305 e. The zero-order valence-corrected chi connectivity index (χ0v) is 18.0. The number of nitrogens with zero attached hydrogens (tertiary/aromatic N) is 4. The van der Waals surface area contributed by atoms with Crippen molar-refractivity contribution in [3.63, 3.8) is 0 Å². The van der Waals surface area contributed by atoms with E-state index >= 15 is 0 Å². The molecule has 158 valence electrons. The topological polar surface area (TPSA) is 56.8 Å². The lowest BCUT2D eigenvalue weighted by molar-refractivity contribution is -0.126. The molecule has 3 heterocycles. The van der Waals surface area contributed by atoms with Crippen LogP contribution in [0.3, 0.4) is 0 Å². The first-order valence-electron chi connectivity index (χ1n) is 11.0. The lowest BCUT2D eigenvalue weighted by Crippen LogP contribution is -2.50. The van der Waals surface area contributed by atoms with E-state index in [1.165, 1.54) is 56.0 Å². The molecule has 1 aromatic heterocycles. The predicted molar refractivity (Wildman–Crippen MR) is 115 cm³/mol. The number of aromatic nitrogens is 1. The summed E-state index contributed by atoms with van der Waals surface area (Å²) in [5, 5.41) is 0.483. The Morgan fingerprint density at radius 2 is 1.59 bits per heavy atom. The number of hydrogen-bond donors (Lipinski definition) is 0. The van der Waals surface area contributed by atoms with E-state index in [2.05, 4.69) is 9.88 Å². The van der Waals surface area contributed by atoms with E-state index in [4.69, 9.17) is 11.6 Å². The van der Waals surface area contributed by atoms with Crippen LogP contribution >= 0.6 is 11.6 Å². The van der Waals surface area contributed by atoms with Gasteiger partial charge in [-0.05, 0) is 31.7 Å². The van der Waals surface area contributed by atoms with Crippen molar-refractivity contribution < 1.29 is 9.59 Å². The Morgan fingerprint density at radius 1 is 0.931 bits per heavy atom. The number of carbonyl (C=O) groups is 2. The number of piperidine rings is 1. The molecule has 4 rings (SSSR count). The van der Waals surface area contributed by atoms with E-state index in [1.54, 1.807) is 13.1 Å². The van der Waals surface area contributed by atoms with Crippen LogP contribution in [-0.2, 0) is 9.59 Å². The second-order valence-electron chi connectivity index (χ2n) is 8.66. The lowest BCUT2D eigenvalue weighted by atomic mass is 9.93. The molecule has 0 radical (unpaired) electrons. The molecule has 1 saturated carbocycles. The minimum atomic E-state index is -0.222. The highest BCUT2D eigenvalue weighted by Gasteiger charge is 2.37. The number of amides is 2. The van der Waals surface area contributed by atoms with Gasteiger partial charge in [-0.3, -0.25) is 14.5 Å². The van der Waals surface area contributed by atoms with Crippen LogP contribution in [0.5, 0.6) is 0 Å². The van der Waals surface area contributed by atoms with Crippen molar-refractivity contribution in [3.8, 4) is 0 Å². The first-order valence-corrected chi connectivity index (χ1v) is 11.4. The van der Waals surface area contributed by atoms with Gasteiger partial charge < -0.3 is 9.80 Å². The fourth-order valence-corrected chi connectivity index (χ4v) is 5.30. The average Bonchev–Trinajstić information content (AvgIpc) is 2.76. The molecule has 0 spiro atoms. The third-order valence-corrected chi connectivity index (χ3v) is 7.00. The third-order valence-electron chi connectivity index (χ3n) is 6.79. The fourth-order valence-electron chi connectivity index (χ4n) is 5.15. The summed E-state index contributed by atoms with van der Waals surface area (Å²) < 4.78 is 0. The average molecular weight is 419 g/mol. The van der Waals surface area contributed by atoms with Crippen molar-refractivity contribution in [1.82, 2.24) is 9.88 Å². The van der Waals surface area contributed by atoms with Crippen LogP contribution in [0.25, 0.3) is 0 Å². The van der Waals surface area contributed by atoms with Gasteiger partial charge in [-0.2, -0.15) is 0 Å². The highest BCUT2D eigenvalue weighted by atomic mass is 35.5. The van der Waals surface area contributed by atoms with Crippen LogP contribution in [0.2, 0.25) is 5.02 Å². The molecule has 0 aromatic carbocycles. The van der Waals surface area contributed by atoms with Crippen LogP contribution < -0.4 is 9.80 Å². The Bertz CT molecular complexity index is 755. The summed E-state index contributed by atoms with van der Waals surface area (Å²) >= 11 is 6.21. The van der Waals surface area contributed by atoms with E-state index in [0.29, 0.717) is 22.6 Å². The van der Waals surface area contributed by atoms with Gasteiger partial charge in [-0.15, -0.1) is 0 Å². The quantitative estimate of drug-likeness (QED) is 0.681. The zero-order valence-electron chi connectivity index (χ0n) is 17.3. The van der Waals surface area contributed by atoms with Crippen molar-refractivity contribution in [2.45, 2.75) is 76.3 Å². The number of fused-ring (bicyclic) bond motifs is 1. The molecule has 2 amide bonds. The summed E-state index contributed by atoms with van der Waals surface area (Å²) in [5.74, 6) is 0.155. The Hall–Kier alpha value is -1.66.